The van der Waals surface area contributed by atoms with Crippen LogP contribution in [0.15, 0.2) is 72.5 Å². The molecule has 0 aliphatic carbocycles. The van der Waals surface area contributed by atoms with Gasteiger partial charge in [0.15, 0.2) is 17.3 Å². The van der Waals surface area contributed by atoms with Gasteiger partial charge >= 0.3 is 5.97 Å². The van der Waals surface area contributed by atoms with Crippen LogP contribution in [0.3, 0.4) is 0 Å². The lowest BCUT2D eigenvalue weighted by Crippen LogP contribution is -2.22. The fourth-order valence-corrected chi connectivity index (χ4v) is 4.77. The lowest BCUT2D eigenvalue weighted by molar-refractivity contribution is -0.135. The first-order valence-electron chi connectivity index (χ1n) is 12.1. The molecule has 0 saturated heterocycles. The van der Waals surface area contributed by atoms with Crippen LogP contribution in [0.1, 0.15) is 46.3 Å². The number of hydrogen-bond donors (Lipinski definition) is 0. The molecule has 1 atom stereocenters. The van der Waals surface area contributed by atoms with Crippen molar-refractivity contribution in [2.45, 2.75) is 19.3 Å². The number of Topliss-reactive ketones (excluding diaryl/α,β-unsaturated/α-hetero) is 1. The number of carbonyl (C=O) groups excluding carboxylic acids is 2. The summed E-state index contributed by atoms with van der Waals surface area (Å²) < 4.78 is 29.0. The highest BCUT2D eigenvalue weighted by atomic mass is 16.6. The van der Waals surface area contributed by atoms with Crippen LogP contribution in [0.5, 0.6) is 28.7 Å². The molecular weight excluding hydrogens is 472 g/mol. The number of ketones is 1. The van der Waals surface area contributed by atoms with E-state index < -0.39 is 5.92 Å². The van der Waals surface area contributed by atoms with E-state index in [-0.39, 0.29) is 23.9 Å². The van der Waals surface area contributed by atoms with E-state index in [4.69, 9.17) is 23.7 Å². The van der Waals surface area contributed by atoms with E-state index in [1.807, 2.05) is 49.4 Å². The van der Waals surface area contributed by atoms with E-state index >= 15 is 0 Å². The maximum atomic E-state index is 13.3. The Kier molecular flexibility index (Phi) is 5.68. The minimum absolute atomic E-state index is 0.0929. The van der Waals surface area contributed by atoms with Crippen molar-refractivity contribution in [3.05, 3.63) is 94.8 Å². The number of benzene rings is 3. The molecule has 0 spiro atoms. The van der Waals surface area contributed by atoms with Crippen LogP contribution in [0.2, 0.25) is 0 Å². The molecule has 3 aromatic carbocycles. The normalized spacial score (nSPS) is 18.5. The monoisotopic (exact) mass is 496 g/mol. The van der Waals surface area contributed by atoms with Gasteiger partial charge < -0.3 is 23.7 Å². The smallest absolute Gasteiger partial charge is 0.312 e. The van der Waals surface area contributed by atoms with E-state index in [9.17, 15) is 9.59 Å². The molecule has 186 valence electrons. The second-order valence-electron chi connectivity index (χ2n) is 9.21. The summed E-state index contributed by atoms with van der Waals surface area (Å²) in [6, 6.07) is 16.3. The summed E-state index contributed by atoms with van der Waals surface area (Å²) in [5, 5.41) is 0. The molecule has 0 fully saturated rings. The summed E-state index contributed by atoms with van der Waals surface area (Å²) in [7, 11) is 0. The standard InChI is InChI=1S/C30H24O7/c1-17(2)16-35-22-6-4-3-5-19(22)21-15-27(31)36-24-10-8-20-29(32)26(37-30(20)28(21)24)14-18-7-9-23-25(13-18)34-12-11-33-23/h3-10,13-14,21H,1,11-12,15-16H2,2H3/b26-14-/t21-/m0/s1. The Bertz CT molecular complexity index is 1480. The van der Waals surface area contributed by atoms with Crippen LogP contribution in [-0.4, -0.2) is 31.6 Å². The number of rotatable bonds is 5. The first-order valence-corrected chi connectivity index (χ1v) is 12.1. The fraction of sp³-hybridized carbons (Fsp3) is 0.200. The number of ether oxygens (including phenoxy) is 5. The maximum absolute atomic E-state index is 13.3. The zero-order valence-corrected chi connectivity index (χ0v) is 20.2. The Hall–Kier alpha value is -4.52. The predicted molar refractivity (Wildman–Crippen MR) is 136 cm³/mol. The highest BCUT2D eigenvalue weighted by Gasteiger charge is 2.39. The molecule has 37 heavy (non-hydrogen) atoms. The summed E-state index contributed by atoms with van der Waals surface area (Å²) in [6.07, 6.45) is 1.77. The number of carbonyl (C=O) groups is 2. The van der Waals surface area contributed by atoms with E-state index in [1.54, 1.807) is 18.2 Å². The average molecular weight is 497 g/mol. The van der Waals surface area contributed by atoms with Gasteiger partial charge in [-0.15, -0.1) is 0 Å². The highest BCUT2D eigenvalue weighted by Crippen LogP contribution is 2.50. The Balaban J connectivity index is 1.40. The van der Waals surface area contributed by atoms with Gasteiger partial charge in [0.1, 0.15) is 37.1 Å². The molecular formula is C30H24O7. The van der Waals surface area contributed by atoms with Crippen molar-refractivity contribution in [3.63, 3.8) is 0 Å². The summed E-state index contributed by atoms with van der Waals surface area (Å²) in [5.74, 6) is 1.89. The average Bonchev–Trinajstić information content (AvgIpc) is 3.21. The third kappa shape index (κ3) is 4.22. The second kappa shape index (κ2) is 9.17. The van der Waals surface area contributed by atoms with Crippen LogP contribution in [0.25, 0.3) is 6.08 Å². The maximum Gasteiger partial charge on any atom is 0.312 e. The van der Waals surface area contributed by atoms with Gasteiger partial charge in [0.05, 0.1) is 12.0 Å². The van der Waals surface area contributed by atoms with E-state index in [0.29, 0.717) is 59.7 Å². The van der Waals surface area contributed by atoms with Gasteiger partial charge in [-0.1, -0.05) is 30.8 Å². The van der Waals surface area contributed by atoms with Crippen LogP contribution >= 0.6 is 0 Å². The van der Waals surface area contributed by atoms with Gasteiger partial charge in [0, 0.05) is 17.0 Å². The summed E-state index contributed by atoms with van der Waals surface area (Å²) in [4.78, 5) is 25.9. The minimum atomic E-state index is -0.408. The molecule has 6 rings (SSSR count). The van der Waals surface area contributed by atoms with Gasteiger partial charge in [0.25, 0.3) is 0 Å². The van der Waals surface area contributed by atoms with Crippen LogP contribution < -0.4 is 23.7 Å². The third-order valence-corrected chi connectivity index (χ3v) is 6.41. The SMILES string of the molecule is C=C(C)COc1ccccc1[C@@H]1CC(=O)Oc2ccc3c(c21)O/C(=C\c1ccc2c(c1)OCCO2)C3=O. The van der Waals surface area contributed by atoms with Crippen molar-refractivity contribution in [1.29, 1.82) is 0 Å². The molecule has 7 nitrogen and oxygen atoms in total. The Morgan fingerprint density at radius 3 is 2.62 bits per heavy atom. The van der Waals surface area contributed by atoms with Gasteiger partial charge in [-0.25, -0.2) is 0 Å². The van der Waals surface area contributed by atoms with Crippen molar-refractivity contribution in [2.24, 2.45) is 0 Å². The van der Waals surface area contributed by atoms with Crippen LogP contribution in [0, 0.1) is 0 Å². The number of allylic oxidation sites excluding steroid dienone is 1. The fourth-order valence-electron chi connectivity index (χ4n) is 4.77. The van der Waals surface area contributed by atoms with E-state index in [1.165, 1.54) is 0 Å². The van der Waals surface area contributed by atoms with Crippen LogP contribution in [-0.2, 0) is 4.79 Å². The van der Waals surface area contributed by atoms with E-state index in [2.05, 4.69) is 6.58 Å². The number of fused-ring (bicyclic) bond motifs is 4. The third-order valence-electron chi connectivity index (χ3n) is 6.41. The molecule has 0 N–H and O–H groups in total. The lowest BCUT2D eigenvalue weighted by atomic mass is 9.84. The van der Waals surface area contributed by atoms with Gasteiger partial charge in [-0.05, 0) is 54.5 Å². The van der Waals surface area contributed by atoms with Crippen molar-refractivity contribution < 1.29 is 33.3 Å². The molecule has 3 aliphatic rings. The van der Waals surface area contributed by atoms with Crippen molar-refractivity contribution >= 4 is 17.8 Å². The van der Waals surface area contributed by atoms with E-state index in [0.717, 1.165) is 16.7 Å². The van der Waals surface area contributed by atoms with Crippen molar-refractivity contribution in [2.75, 3.05) is 19.8 Å². The summed E-state index contributed by atoms with van der Waals surface area (Å²) in [5.41, 5.74) is 3.52. The summed E-state index contributed by atoms with van der Waals surface area (Å²) >= 11 is 0. The number of esters is 1. The quantitative estimate of drug-likeness (QED) is 0.201. The molecule has 0 aromatic heterocycles. The molecule has 0 amide bonds. The topological polar surface area (TPSA) is 80.3 Å². The Morgan fingerprint density at radius 2 is 1.78 bits per heavy atom. The first-order chi connectivity index (χ1) is 18.0. The molecule has 7 heteroatoms. The number of hydrogen-bond acceptors (Lipinski definition) is 7. The molecule has 0 radical (unpaired) electrons. The second-order valence-corrected chi connectivity index (χ2v) is 9.21. The zero-order chi connectivity index (χ0) is 25.5. The van der Waals surface area contributed by atoms with Crippen LogP contribution in [0.4, 0.5) is 0 Å². The predicted octanol–water partition coefficient (Wildman–Crippen LogP) is 5.47. The zero-order valence-electron chi connectivity index (χ0n) is 20.2. The molecule has 3 heterocycles. The first kappa shape index (κ1) is 22.9. The molecule has 0 unspecified atom stereocenters. The van der Waals surface area contributed by atoms with Gasteiger partial charge in [-0.2, -0.15) is 0 Å². The number of para-hydroxylation sites is 1. The molecule has 0 saturated carbocycles. The minimum Gasteiger partial charge on any atom is -0.489 e. The lowest BCUT2D eigenvalue weighted by Gasteiger charge is -2.27. The Morgan fingerprint density at radius 1 is 1.00 bits per heavy atom. The van der Waals surface area contributed by atoms with Gasteiger partial charge in [0.2, 0.25) is 5.78 Å². The molecule has 3 aliphatic heterocycles. The molecule has 0 bridgehead atoms. The Labute approximate surface area is 213 Å². The van der Waals surface area contributed by atoms with Crippen molar-refractivity contribution in [1.82, 2.24) is 0 Å². The molecule has 3 aromatic rings. The van der Waals surface area contributed by atoms with Crippen molar-refractivity contribution in [3.8, 4) is 28.7 Å². The largest absolute Gasteiger partial charge is 0.489 e. The summed E-state index contributed by atoms with van der Waals surface area (Å²) in [6.45, 7) is 7.12. The highest BCUT2D eigenvalue weighted by molar-refractivity contribution is 6.15. The van der Waals surface area contributed by atoms with Gasteiger partial charge in [-0.3, -0.25) is 9.59 Å².